The number of aromatic nitrogens is 1. The number of rotatable bonds is 10. The molecule has 0 spiro atoms. The summed E-state index contributed by atoms with van der Waals surface area (Å²) in [5.74, 6) is -2.86. The average molecular weight is 530 g/mol. The molecule has 2 aromatic rings. The molecule has 0 saturated carbocycles. The predicted octanol–water partition coefficient (Wildman–Crippen LogP) is 3.18. The Bertz CT molecular complexity index is 1140. The zero-order chi connectivity index (χ0) is 27.3. The number of hydrogen-bond donors (Lipinski definition) is 3. The number of Topliss-reactive ketones (excluding diaryl/α,β-unsaturated/α-hetero) is 1. The van der Waals surface area contributed by atoms with E-state index in [1.165, 1.54) is 4.90 Å². The van der Waals surface area contributed by atoms with Crippen molar-refractivity contribution in [2.75, 3.05) is 6.54 Å². The van der Waals surface area contributed by atoms with Gasteiger partial charge in [-0.25, -0.2) is 4.98 Å². The van der Waals surface area contributed by atoms with Gasteiger partial charge < -0.3 is 20.4 Å². The number of amides is 2. The Kier molecular flexibility index (Phi) is 9.20. The number of hydrogen-bond acceptors (Lipinski definition) is 7. The minimum atomic E-state index is -1.07. The van der Waals surface area contributed by atoms with Gasteiger partial charge in [-0.05, 0) is 23.5 Å². The molecule has 1 aromatic carbocycles. The van der Waals surface area contributed by atoms with Crippen LogP contribution in [-0.4, -0.2) is 62.4 Å². The Labute approximate surface area is 220 Å². The molecule has 2 amide bonds. The van der Waals surface area contributed by atoms with Gasteiger partial charge >= 0.3 is 5.97 Å². The van der Waals surface area contributed by atoms with Crippen LogP contribution >= 0.6 is 11.3 Å². The summed E-state index contributed by atoms with van der Waals surface area (Å²) in [4.78, 5) is 56.6. The number of carbonyl (C=O) groups excluding carboxylic acids is 3. The maximum absolute atomic E-state index is 13.5. The quantitative estimate of drug-likeness (QED) is 0.430. The van der Waals surface area contributed by atoms with Crippen LogP contribution in [0.4, 0.5) is 0 Å². The van der Waals surface area contributed by atoms with Gasteiger partial charge in [-0.2, -0.15) is 0 Å². The molecular weight excluding hydrogens is 494 g/mol. The van der Waals surface area contributed by atoms with Gasteiger partial charge in [-0.1, -0.05) is 45.0 Å². The first kappa shape index (κ1) is 28.5. The Morgan fingerprint density at radius 3 is 2.41 bits per heavy atom. The van der Waals surface area contributed by atoms with Gasteiger partial charge in [-0.3, -0.25) is 19.2 Å². The third-order valence-corrected chi connectivity index (χ3v) is 7.66. The number of aliphatic hydroxyl groups is 1. The molecule has 2 heterocycles. The lowest BCUT2D eigenvalue weighted by molar-refractivity contribution is -0.146. The van der Waals surface area contributed by atoms with E-state index in [2.05, 4.69) is 10.3 Å². The SMILES string of the molecule is Cc1ncsc1-c1ccc(CNC(=O)[C@@H]2C[C@@H](O)CN2C(=O)[C@@H](CC(=O)CCC(=O)O)C(C)(C)C)cc1. The first-order chi connectivity index (χ1) is 17.4. The van der Waals surface area contributed by atoms with E-state index in [1.54, 1.807) is 16.8 Å². The first-order valence-corrected chi connectivity index (χ1v) is 13.2. The number of likely N-dealkylation sites (tertiary alicyclic amines) is 1. The van der Waals surface area contributed by atoms with Crippen molar-refractivity contribution in [3.63, 3.8) is 0 Å². The van der Waals surface area contributed by atoms with Gasteiger partial charge in [0.15, 0.2) is 0 Å². The summed E-state index contributed by atoms with van der Waals surface area (Å²) < 4.78 is 0. The summed E-state index contributed by atoms with van der Waals surface area (Å²) in [6.45, 7) is 7.73. The number of carbonyl (C=O) groups is 4. The van der Waals surface area contributed by atoms with Gasteiger partial charge in [0.05, 0.1) is 28.6 Å². The number of benzene rings is 1. The van der Waals surface area contributed by atoms with Crippen molar-refractivity contribution in [2.24, 2.45) is 11.3 Å². The molecule has 0 radical (unpaired) electrons. The van der Waals surface area contributed by atoms with Crippen molar-refractivity contribution in [3.8, 4) is 10.4 Å². The van der Waals surface area contributed by atoms with Crippen molar-refractivity contribution >= 4 is 34.9 Å². The normalized spacial score (nSPS) is 18.5. The second-order valence-electron chi connectivity index (χ2n) is 10.6. The summed E-state index contributed by atoms with van der Waals surface area (Å²) in [5.41, 5.74) is 4.12. The molecular formula is C27H35N3O6S. The number of nitrogens with zero attached hydrogens (tertiary/aromatic N) is 2. The van der Waals surface area contributed by atoms with Gasteiger partial charge in [0.1, 0.15) is 11.8 Å². The van der Waals surface area contributed by atoms with Gasteiger partial charge in [0, 0.05) is 38.3 Å². The topological polar surface area (TPSA) is 137 Å². The van der Waals surface area contributed by atoms with Crippen molar-refractivity contribution in [1.82, 2.24) is 15.2 Å². The fraction of sp³-hybridized carbons (Fsp3) is 0.519. The number of aliphatic carboxylic acids is 1. The summed E-state index contributed by atoms with van der Waals surface area (Å²) in [6.07, 6.45) is -1.27. The molecule has 9 nitrogen and oxygen atoms in total. The number of aryl methyl sites for hydroxylation is 1. The Balaban J connectivity index is 1.66. The van der Waals surface area contributed by atoms with E-state index in [-0.39, 0.29) is 56.4 Å². The summed E-state index contributed by atoms with van der Waals surface area (Å²) >= 11 is 1.57. The van der Waals surface area contributed by atoms with Crippen LogP contribution < -0.4 is 5.32 Å². The number of ketones is 1. The third-order valence-electron chi connectivity index (χ3n) is 6.69. The molecule has 200 valence electrons. The van der Waals surface area contributed by atoms with Crippen molar-refractivity contribution in [2.45, 2.75) is 72.1 Å². The van der Waals surface area contributed by atoms with E-state index >= 15 is 0 Å². The van der Waals surface area contributed by atoms with Crippen LogP contribution in [0.25, 0.3) is 10.4 Å². The van der Waals surface area contributed by atoms with E-state index in [0.29, 0.717) is 0 Å². The first-order valence-electron chi connectivity index (χ1n) is 12.4. The number of carboxylic acid groups (broad SMARTS) is 1. The fourth-order valence-electron chi connectivity index (χ4n) is 4.51. The summed E-state index contributed by atoms with van der Waals surface area (Å²) in [5, 5.41) is 22.0. The van der Waals surface area contributed by atoms with Crippen LogP contribution in [0.15, 0.2) is 29.8 Å². The van der Waals surface area contributed by atoms with Crippen LogP contribution in [0.5, 0.6) is 0 Å². The number of aliphatic hydroxyl groups excluding tert-OH is 1. The zero-order valence-corrected chi connectivity index (χ0v) is 22.5. The van der Waals surface area contributed by atoms with Crippen LogP contribution in [0.2, 0.25) is 0 Å². The molecule has 10 heteroatoms. The molecule has 1 aromatic heterocycles. The van der Waals surface area contributed by atoms with Crippen LogP contribution in [-0.2, 0) is 25.7 Å². The largest absolute Gasteiger partial charge is 0.481 e. The van der Waals surface area contributed by atoms with Crippen LogP contribution in [0, 0.1) is 18.3 Å². The fourth-order valence-corrected chi connectivity index (χ4v) is 5.32. The predicted molar refractivity (Wildman–Crippen MR) is 140 cm³/mol. The van der Waals surface area contributed by atoms with E-state index in [0.717, 1.165) is 21.7 Å². The van der Waals surface area contributed by atoms with E-state index in [1.807, 2.05) is 52.0 Å². The van der Waals surface area contributed by atoms with E-state index in [4.69, 9.17) is 5.11 Å². The third kappa shape index (κ3) is 7.45. The van der Waals surface area contributed by atoms with Crippen LogP contribution in [0.3, 0.4) is 0 Å². The molecule has 1 aliphatic heterocycles. The monoisotopic (exact) mass is 529 g/mol. The molecule has 1 aliphatic rings. The minimum Gasteiger partial charge on any atom is -0.481 e. The number of β-amino-alcohol motifs (C(OH)–C–C–N with tert-alkyl or cyclic N) is 1. The number of thiazole rings is 1. The van der Waals surface area contributed by atoms with Crippen LogP contribution in [0.1, 0.15) is 57.7 Å². The Morgan fingerprint density at radius 1 is 1.16 bits per heavy atom. The standard InChI is InChI=1S/C27H35N3O6S/c1-16-24(37-15-29-16)18-7-5-17(6-8-18)13-28-25(35)22-12-20(32)14-30(22)26(36)21(27(2,3)4)11-19(31)9-10-23(33)34/h5-8,15,20-22,32H,9-14H2,1-4H3,(H,28,35)(H,33,34)/t20-,21-,22+/m1/s1. The molecule has 1 fully saturated rings. The molecule has 0 bridgehead atoms. The maximum atomic E-state index is 13.5. The van der Waals surface area contributed by atoms with Gasteiger partial charge in [0.25, 0.3) is 0 Å². The zero-order valence-electron chi connectivity index (χ0n) is 21.7. The highest BCUT2D eigenvalue weighted by atomic mass is 32.1. The molecule has 3 N–H and O–H groups in total. The molecule has 0 aliphatic carbocycles. The second kappa shape index (κ2) is 12.0. The highest BCUT2D eigenvalue weighted by Gasteiger charge is 2.44. The van der Waals surface area contributed by atoms with Gasteiger partial charge in [-0.15, -0.1) is 11.3 Å². The second-order valence-corrected chi connectivity index (χ2v) is 11.5. The van der Waals surface area contributed by atoms with E-state index < -0.39 is 29.4 Å². The van der Waals surface area contributed by atoms with Crippen molar-refractivity contribution < 1.29 is 29.4 Å². The lowest BCUT2D eigenvalue weighted by atomic mass is 9.76. The Morgan fingerprint density at radius 2 is 1.84 bits per heavy atom. The average Bonchev–Trinajstić information content (AvgIpc) is 3.44. The van der Waals surface area contributed by atoms with Crippen molar-refractivity contribution in [1.29, 1.82) is 0 Å². The number of carboxylic acids is 1. The molecule has 37 heavy (non-hydrogen) atoms. The lowest BCUT2D eigenvalue weighted by Crippen LogP contribution is -2.50. The molecule has 3 atom stereocenters. The number of nitrogens with one attached hydrogen (secondary N) is 1. The molecule has 0 unspecified atom stereocenters. The highest BCUT2D eigenvalue weighted by molar-refractivity contribution is 7.13. The molecule has 1 saturated heterocycles. The summed E-state index contributed by atoms with van der Waals surface area (Å²) in [6, 6.07) is 6.97. The van der Waals surface area contributed by atoms with E-state index in [9.17, 15) is 24.3 Å². The summed E-state index contributed by atoms with van der Waals surface area (Å²) in [7, 11) is 0. The lowest BCUT2D eigenvalue weighted by Gasteiger charge is -2.34. The van der Waals surface area contributed by atoms with Crippen molar-refractivity contribution in [3.05, 3.63) is 41.0 Å². The smallest absolute Gasteiger partial charge is 0.303 e. The highest BCUT2D eigenvalue weighted by Crippen LogP contribution is 2.34. The minimum absolute atomic E-state index is 0.00964. The Hall–Kier alpha value is -3.11. The van der Waals surface area contributed by atoms with Gasteiger partial charge in [0.2, 0.25) is 11.8 Å². The molecule has 3 rings (SSSR count). The maximum Gasteiger partial charge on any atom is 0.303 e.